The normalized spacial score (nSPS) is 11.2. The molecule has 0 fully saturated rings. The van der Waals surface area contributed by atoms with Crippen LogP contribution in [0.1, 0.15) is 31.1 Å². The molecule has 5 heteroatoms. The van der Waals surface area contributed by atoms with Crippen LogP contribution in [0.4, 0.5) is 5.69 Å². The number of halogens is 1. The monoisotopic (exact) mass is 286 g/mol. The minimum atomic E-state index is -0.434. The number of hydroxylamine groups is 1. The van der Waals surface area contributed by atoms with Crippen molar-refractivity contribution in [2.75, 3.05) is 5.73 Å². The molecule has 1 aromatic carbocycles. The van der Waals surface area contributed by atoms with Crippen LogP contribution >= 0.6 is 15.9 Å². The van der Waals surface area contributed by atoms with Crippen LogP contribution in [0.15, 0.2) is 22.7 Å². The van der Waals surface area contributed by atoms with Crippen LogP contribution in [-0.2, 0) is 4.84 Å². The van der Waals surface area contributed by atoms with Gasteiger partial charge in [0.25, 0.3) is 5.91 Å². The fourth-order valence-electron chi connectivity index (χ4n) is 0.980. The van der Waals surface area contributed by atoms with Crippen molar-refractivity contribution in [1.82, 2.24) is 5.48 Å². The maximum Gasteiger partial charge on any atom is 0.276 e. The average molecular weight is 287 g/mol. The molecule has 0 aliphatic heterocycles. The van der Waals surface area contributed by atoms with Gasteiger partial charge >= 0.3 is 0 Å². The van der Waals surface area contributed by atoms with Crippen LogP contribution in [0.3, 0.4) is 0 Å². The van der Waals surface area contributed by atoms with E-state index in [1.165, 1.54) is 0 Å². The second-order valence-corrected chi connectivity index (χ2v) is 5.29. The van der Waals surface area contributed by atoms with Gasteiger partial charge < -0.3 is 5.73 Å². The molecular weight excluding hydrogens is 272 g/mol. The Morgan fingerprint density at radius 1 is 1.44 bits per heavy atom. The summed E-state index contributed by atoms with van der Waals surface area (Å²) in [5.41, 5.74) is 8.43. The Morgan fingerprint density at radius 3 is 2.62 bits per heavy atom. The lowest BCUT2D eigenvalue weighted by atomic mass is 10.2. The standard InChI is InChI=1S/C11H15BrN2O2/c1-11(2,3)16-14-10(15)8-6-7(12)4-5-9(8)13/h4-6H,13H2,1-3H3,(H,14,15). The summed E-state index contributed by atoms with van der Waals surface area (Å²) in [4.78, 5) is 16.9. The zero-order valence-corrected chi connectivity index (χ0v) is 11.1. The first-order valence-electron chi connectivity index (χ1n) is 4.83. The molecule has 0 bridgehead atoms. The molecule has 1 amide bonds. The van der Waals surface area contributed by atoms with E-state index in [0.717, 1.165) is 4.47 Å². The van der Waals surface area contributed by atoms with Gasteiger partial charge in [-0.1, -0.05) is 15.9 Å². The predicted octanol–water partition coefficient (Wildman–Crippen LogP) is 2.49. The average Bonchev–Trinajstić information content (AvgIpc) is 2.17. The van der Waals surface area contributed by atoms with Crippen LogP contribution in [0.5, 0.6) is 0 Å². The third kappa shape index (κ3) is 3.83. The van der Waals surface area contributed by atoms with Gasteiger partial charge in [-0.05, 0) is 39.0 Å². The van der Waals surface area contributed by atoms with Crippen molar-refractivity contribution in [2.24, 2.45) is 0 Å². The van der Waals surface area contributed by atoms with E-state index in [1.54, 1.807) is 18.2 Å². The molecule has 0 saturated carbocycles. The van der Waals surface area contributed by atoms with Gasteiger partial charge in [-0.3, -0.25) is 9.63 Å². The van der Waals surface area contributed by atoms with E-state index < -0.39 is 5.60 Å². The van der Waals surface area contributed by atoms with Crippen molar-refractivity contribution in [3.63, 3.8) is 0 Å². The molecule has 0 heterocycles. The Kier molecular flexibility index (Phi) is 3.93. The Balaban J connectivity index is 2.77. The van der Waals surface area contributed by atoms with Crippen molar-refractivity contribution in [3.8, 4) is 0 Å². The number of carbonyl (C=O) groups excluding carboxylic acids is 1. The number of amides is 1. The van der Waals surface area contributed by atoms with E-state index in [1.807, 2.05) is 20.8 Å². The van der Waals surface area contributed by atoms with E-state index in [4.69, 9.17) is 10.6 Å². The van der Waals surface area contributed by atoms with Crippen molar-refractivity contribution < 1.29 is 9.63 Å². The molecule has 0 aliphatic rings. The quantitative estimate of drug-likeness (QED) is 0.649. The zero-order chi connectivity index (χ0) is 12.3. The van der Waals surface area contributed by atoms with Crippen LogP contribution in [0, 0.1) is 0 Å². The van der Waals surface area contributed by atoms with Gasteiger partial charge in [-0.15, -0.1) is 0 Å². The van der Waals surface area contributed by atoms with Gasteiger partial charge in [0.2, 0.25) is 0 Å². The van der Waals surface area contributed by atoms with Crippen LogP contribution in [0.25, 0.3) is 0 Å². The minimum absolute atomic E-state index is 0.353. The van der Waals surface area contributed by atoms with E-state index in [9.17, 15) is 4.79 Å². The summed E-state index contributed by atoms with van der Waals surface area (Å²) >= 11 is 3.28. The number of carbonyl (C=O) groups is 1. The van der Waals surface area contributed by atoms with Crippen LogP contribution in [-0.4, -0.2) is 11.5 Å². The fourth-order valence-corrected chi connectivity index (χ4v) is 1.34. The van der Waals surface area contributed by atoms with E-state index in [0.29, 0.717) is 11.3 Å². The number of benzene rings is 1. The number of hydrogen-bond donors (Lipinski definition) is 2. The second kappa shape index (κ2) is 4.84. The van der Waals surface area contributed by atoms with Gasteiger partial charge in [-0.25, -0.2) is 5.48 Å². The summed E-state index contributed by atoms with van der Waals surface area (Å²) in [5, 5.41) is 0. The lowest BCUT2D eigenvalue weighted by molar-refractivity contribution is -0.0589. The summed E-state index contributed by atoms with van der Waals surface area (Å²) in [6, 6.07) is 5.09. The molecule has 0 atom stereocenters. The maximum atomic E-state index is 11.7. The van der Waals surface area contributed by atoms with Crippen LogP contribution < -0.4 is 11.2 Å². The highest BCUT2D eigenvalue weighted by Crippen LogP contribution is 2.18. The fraction of sp³-hybridized carbons (Fsp3) is 0.364. The molecule has 1 aromatic rings. The number of nitrogen functional groups attached to an aromatic ring is 1. The molecule has 88 valence electrons. The highest BCUT2D eigenvalue weighted by atomic mass is 79.9. The number of anilines is 1. The SMILES string of the molecule is CC(C)(C)ONC(=O)c1cc(Br)ccc1N. The minimum Gasteiger partial charge on any atom is -0.398 e. The van der Waals surface area contributed by atoms with Gasteiger partial charge in [0.15, 0.2) is 0 Å². The van der Waals surface area contributed by atoms with Crippen molar-refractivity contribution in [1.29, 1.82) is 0 Å². The summed E-state index contributed by atoms with van der Waals surface area (Å²) in [6.07, 6.45) is 0. The Bertz CT molecular complexity index is 399. The first-order valence-corrected chi connectivity index (χ1v) is 5.62. The first-order chi connectivity index (χ1) is 7.29. The highest BCUT2D eigenvalue weighted by Gasteiger charge is 2.15. The lowest BCUT2D eigenvalue weighted by Crippen LogP contribution is -2.33. The molecule has 3 N–H and O–H groups in total. The van der Waals surface area contributed by atoms with E-state index >= 15 is 0 Å². The summed E-state index contributed by atoms with van der Waals surface area (Å²) in [5.74, 6) is -0.353. The molecule has 16 heavy (non-hydrogen) atoms. The van der Waals surface area contributed by atoms with Crippen molar-refractivity contribution >= 4 is 27.5 Å². The topological polar surface area (TPSA) is 64.3 Å². The van der Waals surface area contributed by atoms with E-state index in [-0.39, 0.29) is 5.91 Å². The Morgan fingerprint density at radius 2 is 2.06 bits per heavy atom. The maximum absolute atomic E-state index is 11.7. The number of hydrogen-bond acceptors (Lipinski definition) is 3. The Labute approximate surface area is 103 Å². The van der Waals surface area contributed by atoms with Gasteiger partial charge in [0.1, 0.15) is 0 Å². The molecule has 0 aromatic heterocycles. The third-order valence-corrected chi connectivity index (χ3v) is 2.20. The van der Waals surface area contributed by atoms with Gasteiger partial charge in [0, 0.05) is 10.2 Å². The molecule has 0 radical (unpaired) electrons. The van der Waals surface area contributed by atoms with Gasteiger partial charge in [0.05, 0.1) is 11.2 Å². The molecule has 0 unspecified atom stereocenters. The zero-order valence-electron chi connectivity index (χ0n) is 9.50. The highest BCUT2D eigenvalue weighted by molar-refractivity contribution is 9.10. The lowest BCUT2D eigenvalue weighted by Gasteiger charge is -2.19. The van der Waals surface area contributed by atoms with Crippen LogP contribution in [0.2, 0.25) is 0 Å². The summed E-state index contributed by atoms with van der Waals surface area (Å²) in [7, 11) is 0. The molecular formula is C11H15BrN2O2. The first kappa shape index (κ1) is 13.0. The smallest absolute Gasteiger partial charge is 0.276 e. The number of rotatable bonds is 2. The van der Waals surface area contributed by atoms with Gasteiger partial charge in [-0.2, -0.15) is 0 Å². The molecule has 0 spiro atoms. The second-order valence-electron chi connectivity index (χ2n) is 4.38. The molecule has 1 rings (SSSR count). The van der Waals surface area contributed by atoms with Crippen molar-refractivity contribution in [2.45, 2.75) is 26.4 Å². The number of nitrogens with one attached hydrogen (secondary N) is 1. The van der Waals surface area contributed by atoms with Crippen molar-refractivity contribution in [3.05, 3.63) is 28.2 Å². The molecule has 0 saturated heterocycles. The molecule has 0 aliphatic carbocycles. The van der Waals surface area contributed by atoms with E-state index in [2.05, 4.69) is 21.4 Å². The summed E-state index contributed by atoms with van der Waals surface area (Å²) in [6.45, 7) is 5.53. The summed E-state index contributed by atoms with van der Waals surface area (Å²) < 4.78 is 0.794. The Hall–Kier alpha value is -1.07. The predicted molar refractivity (Wildman–Crippen MR) is 66.9 cm³/mol. The largest absolute Gasteiger partial charge is 0.398 e. The molecule has 4 nitrogen and oxygen atoms in total. The number of nitrogens with two attached hydrogens (primary N) is 1. The third-order valence-electron chi connectivity index (χ3n) is 1.71.